The van der Waals surface area contributed by atoms with E-state index >= 15 is 0 Å². The van der Waals surface area contributed by atoms with Crippen LogP contribution >= 0.6 is 11.6 Å². The number of amides is 1. The number of carbonyl (C=O) groups excluding carboxylic acids is 1. The number of rotatable bonds is 3. The highest BCUT2D eigenvalue weighted by Gasteiger charge is 2.05. The zero-order valence-electron chi connectivity index (χ0n) is 9.29. The number of halogens is 1. The van der Waals surface area contributed by atoms with Crippen molar-refractivity contribution in [1.29, 1.82) is 0 Å². The molecule has 0 heterocycles. The Morgan fingerprint density at radius 1 is 1.56 bits per heavy atom. The van der Waals surface area contributed by atoms with Gasteiger partial charge >= 0.3 is 6.09 Å². The van der Waals surface area contributed by atoms with E-state index in [0.717, 1.165) is 0 Å². The van der Waals surface area contributed by atoms with Crippen molar-refractivity contribution >= 4 is 29.1 Å². The van der Waals surface area contributed by atoms with E-state index in [9.17, 15) is 4.79 Å². The SMILES string of the molecule is CC(C)COC(=O)Nc1ccc(N)c(Cl)c1. The number of anilines is 2. The van der Waals surface area contributed by atoms with E-state index < -0.39 is 6.09 Å². The van der Waals surface area contributed by atoms with E-state index in [0.29, 0.717) is 28.9 Å². The third kappa shape index (κ3) is 3.98. The molecule has 1 rings (SSSR count). The van der Waals surface area contributed by atoms with E-state index in [1.807, 2.05) is 13.8 Å². The van der Waals surface area contributed by atoms with Gasteiger partial charge in [-0.3, -0.25) is 5.32 Å². The maximum absolute atomic E-state index is 11.3. The van der Waals surface area contributed by atoms with Crippen LogP contribution in [-0.2, 0) is 4.74 Å². The van der Waals surface area contributed by atoms with E-state index in [4.69, 9.17) is 22.1 Å². The van der Waals surface area contributed by atoms with Crippen LogP contribution < -0.4 is 11.1 Å². The number of nitrogens with two attached hydrogens (primary N) is 1. The lowest BCUT2D eigenvalue weighted by atomic mass is 10.2. The zero-order valence-corrected chi connectivity index (χ0v) is 10.0. The molecule has 1 aromatic carbocycles. The number of benzene rings is 1. The summed E-state index contributed by atoms with van der Waals surface area (Å²) in [7, 11) is 0. The van der Waals surface area contributed by atoms with Crippen LogP contribution in [0, 0.1) is 5.92 Å². The molecule has 4 nitrogen and oxygen atoms in total. The summed E-state index contributed by atoms with van der Waals surface area (Å²) in [6.07, 6.45) is -0.491. The van der Waals surface area contributed by atoms with Crippen LogP contribution in [0.1, 0.15) is 13.8 Å². The Balaban J connectivity index is 2.53. The maximum atomic E-state index is 11.3. The summed E-state index contributed by atoms with van der Waals surface area (Å²) in [5.74, 6) is 0.306. The average molecular weight is 243 g/mol. The Labute approximate surface area is 99.7 Å². The molecule has 88 valence electrons. The summed E-state index contributed by atoms with van der Waals surface area (Å²) in [5, 5.41) is 2.97. The second-order valence-corrected chi connectivity index (χ2v) is 4.26. The summed E-state index contributed by atoms with van der Waals surface area (Å²) < 4.78 is 4.95. The lowest BCUT2D eigenvalue weighted by Crippen LogP contribution is -2.16. The molecule has 0 bridgehead atoms. The van der Waals surface area contributed by atoms with Crippen LogP contribution in [-0.4, -0.2) is 12.7 Å². The fourth-order valence-electron chi connectivity index (χ4n) is 1.00. The van der Waals surface area contributed by atoms with Gasteiger partial charge in [-0.25, -0.2) is 4.79 Å². The first-order chi connectivity index (χ1) is 7.49. The first kappa shape index (κ1) is 12.6. The smallest absolute Gasteiger partial charge is 0.411 e. The number of nitrogens with one attached hydrogen (secondary N) is 1. The molecule has 0 aromatic heterocycles. The molecule has 0 unspecified atom stereocenters. The highest BCUT2D eigenvalue weighted by molar-refractivity contribution is 6.33. The Morgan fingerprint density at radius 3 is 2.81 bits per heavy atom. The average Bonchev–Trinajstić information content (AvgIpc) is 2.21. The number of hydrogen-bond donors (Lipinski definition) is 2. The van der Waals surface area contributed by atoms with Gasteiger partial charge in [0, 0.05) is 5.69 Å². The summed E-state index contributed by atoms with van der Waals surface area (Å²) in [6, 6.07) is 4.87. The number of ether oxygens (including phenoxy) is 1. The fraction of sp³-hybridized carbons (Fsp3) is 0.364. The predicted molar refractivity (Wildman–Crippen MR) is 65.7 cm³/mol. The summed E-state index contributed by atoms with van der Waals surface area (Å²) in [4.78, 5) is 11.3. The standard InChI is InChI=1S/C11H15ClN2O2/c1-7(2)6-16-11(15)14-8-3-4-10(13)9(12)5-8/h3-5,7H,6,13H2,1-2H3,(H,14,15). The van der Waals surface area contributed by atoms with Crippen LogP contribution in [0.2, 0.25) is 5.02 Å². The minimum absolute atomic E-state index is 0.306. The third-order valence-electron chi connectivity index (χ3n) is 1.79. The molecule has 1 aromatic rings. The van der Waals surface area contributed by atoms with Crippen LogP contribution in [0.5, 0.6) is 0 Å². The van der Waals surface area contributed by atoms with Crippen molar-refractivity contribution in [3.05, 3.63) is 23.2 Å². The van der Waals surface area contributed by atoms with Crippen molar-refractivity contribution in [1.82, 2.24) is 0 Å². The predicted octanol–water partition coefficient (Wildman–Crippen LogP) is 3.13. The van der Waals surface area contributed by atoms with Gasteiger partial charge in [-0.05, 0) is 24.1 Å². The van der Waals surface area contributed by atoms with E-state index in [1.54, 1.807) is 18.2 Å². The minimum Gasteiger partial charge on any atom is -0.449 e. The molecule has 0 fully saturated rings. The van der Waals surface area contributed by atoms with Gasteiger partial charge in [0.15, 0.2) is 0 Å². The Bertz CT molecular complexity index is 380. The number of carbonyl (C=O) groups is 1. The van der Waals surface area contributed by atoms with E-state index in [-0.39, 0.29) is 0 Å². The van der Waals surface area contributed by atoms with Gasteiger partial charge in [0.25, 0.3) is 0 Å². The first-order valence-corrected chi connectivity index (χ1v) is 5.35. The van der Waals surface area contributed by atoms with Gasteiger partial charge in [0.2, 0.25) is 0 Å². The largest absolute Gasteiger partial charge is 0.449 e. The lowest BCUT2D eigenvalue weighted by Gasteiger charge is -2.09. The fourth-order valence-corrected chi connectivity index (χ4v) is 1.18. The molecular weight excluding hydrogens is 228 g/mol. The number of nitrogen functional groups attached to an aromatic ring is 1. The van der Waals surface area contributed by atoms with Gasteiger partial charge in [-0.1, -0.05) is 25.4 Å². The van der Waals surface area contributed by atoms with E-state index in [2.05, 4.69) is 5.32 Å². The van der Waals surface area contributed by atoms with Crippen LogP contribution in [0.3, 0.4) is 0 Å². The molecule has 0 atom stereocenters. The molecule has 0 aliphatic carbocycles. The van der Waals surface area contributed by atoms with Gasteiger partial charge in [0.05, 0.1) is 17.3 Å². The van der Waals surface area contributed by atoms with Crippen molar-refractivity contribution in [2.45, 2.75) is 13.8 Å². The van der Waals surface area contributed by atoms with Crippen molar-refractivity contribution < 1.29 is 9.53 Å². The Hall–Kier alpha value is -1.42. The van der Waals surface area contributed by atoms with Gasteiger partial charge < -0.3 is 10.5 Å². The highest BCUT2D eigenvalue weighted by atomic mass is 35.5. The first-order valence-electron chi connectivity index (χ1n) is 4.98. The van der Waals surface area contributed by atoms with Crippen LogP contribution in [0.4, 0.5) is 16.2 Å². The molecule has 0 saturated carbocycles. The number of hydrogen-bond acceptors (Lipinski definition) is 3. The second kappa shape index (κ2) is 5.61. The third-order valence-corrected chi connectivity index (χ3v) is 2.12. The molecule has 0 aliphatic heterocycles. The molecule has 0 aliphatic rings. The van der Waals surface area contributed by atoms with Crippen molar-refractivity contribution in [2.75, 3.05) is 17.7 Å². The lowest BCUT2D eigenvalue weighted by molar-refractivity contribution is 0.147. The quantitative estimate of drug-likeness (QED) is 0.801. The normalized spacial score (nSPS) is 10.2. The van der Waals surface area contributed by atoms with Gasteiger partial charge in [-0.15, -0.1) is 0 Å². The molecule has 0 radical (unpaired) electrons. The molecule has 5 heteroatoms. The zero-order chi connectivity index (χ0) is 12.1. The van der Waals surface area contributed by atoms with Crippen LogP contribution in [0.25, 0.3) is 0 Å². The van der Waals surface area contributed by atoms with Crippen molar-refractivity contribution in [3.63, 3.8) is 0 Å². The van der Waals surface area contributed by atoms with Gasteiger partial charge in [-0.2, -0.15) is 0 Å². The summed E-state index contributed by atoms with van der Waals surface area (Å²) in [5.41, 5.74) is 6.58. The maximum Gasteiger partial charge on any atom is 0.411 e. The topological polar surface area (TPSA) is 64.3 Å². The molecule has 0 saturated heterocycles. The Morgan fingerprint density at radius 2 is 2.25 bits per heavy atom. The molecule has 1 amide bonds. The van der Waals surface area contributed by atoms with E-state index in [1.165, 1.54) is 0 Å². The Kier molecular flexibility index (Phi) is 4.43. The highest BCUT2D eigenvalue weighted by Crippen LogP contribution is 2.22. The summed E-state index contributed by atoms with van der Waals surface area (Å²) >= 11 is 5.81. The second-order valence-electron chi connectivity index (χ2n) is 3.85. The monoisotopic (exact) mass is 242 g/mol. The van der Waals surface area contributed by atoms with Gasteiger partial charge in [0.1, 0.15) is 0 Å². The van der Waals surface area contributed by atoms with Crippen molar-refractivity contribution in [2.24, 2.45) is 5.92 Å². The van der Waals surface area contributed by atoms with Crippen LogP contribution in [0.15, 0.2) is 18.2 Å². The van der Waals surface area contributed by atoms with Crippen molar-refractivity contribution in [3.8, 4) is 0 Å². The molecule has 16 heavy (non-hydrogen) atoms. The molecule has 0 spiro atoms. The molecular formula is C11H15ClN2O2. The molecule has 3 N–H and O–H groups in total. The summed E-state index contributed by atoms with van der Waals surface area (Å²) in [6.45, 7) is 4.31. The minimum atomic E-state index is -0.491.